The van der Waals surface area contributed by atoms with Gasteiger partial charge in [-0.3, -0.25) is 10.1 Å². The lowest BCUT2D eigenvalue weighted by molar-refractivity contribution is -0.117. The topological polar surface area (TPSA) is 88.9 Å². The molecule has 0 fully saturated rings. The van der Waals surface area contributed by atoms with Gasteiger partial charge in [0.15, 0.2) is 11.0 Å². The highest BCUT2D eigenvalue weighted by Crippen LogP contribution is 2.21. The van der Waals surface area contributed by atoms with Crippen molar-refractivity contribution in [3.8, 4) is 11.4 Å². The molecule has 0 aliphatic rings. The van der Waals surface area contributed by atoms with Gasteiger partial charge in [-0.2, -0.15) is 0 Å². The number of urea groups is 1. The summed E-state index contributed by atoms with van der Waals surface area (Å²) in [6.07, 6.45) is 1.53. The molecule has 3 amide bonds. The predicted octanol–water partition coefficient (Wildman–Crippen LogP) is 1.59. The van der Waals surface area contributed by atoms with Gasteiger partial charge in [0.2, 0.25) is 5.91 Å². The lowest BCUT2D eigenvalue weighted by Crippen LogP contribution is -2.40. The molecule has 0 bridgehead atoms. The second-order valence-corrected chi connectivity index (χ2v) is 5.51. The Labute approximate surface area is 138 Å². The van der Waals surface area contributed by atoms with Crippen molar-refractivity contribution in [3.63, 3.8) is 0 Å². The number of aromatic nitrogens is 3. The van der Waals surface area contributed by atoms with Crippen molar-refractivity contribution in [2.75, 3.05) is 12.3 Å². The molecule has 1 aromatic carbocycles. The van der Waals surface area contributed by atoms with Crippen molar-refractivity contribution in [2.24, 2.45) is 7.05 Å². The molecule has 0 spiro atoms. The second-order valence-electron chi connectivity index (χ2n) is 4.57. The highest BCUT2D eigenvalue weighted by Gasteiger charge is 2.13. The number of amides is 3. The largest absolute Gasteiger partial charge is 0.334 e. The van der Waals surface area contributed by atoms with E-state index in [1.165, 1.54) is 17.8 Å². The zero-order valence-electron chi connectivity index (χ0n) is 12.7. The lowest BCUT2D eigenvalue weighted by atomic mass is 10.2. The summed E-state index contributed by atoms with van der Waals surface area (Å²) in [5.41, 5.74) is 0.947. The van der Waals surface area contributed by atoms with Crippen LogP contribution in [0.4, 0.5) is 4.79 Å². The van der Waals surface area contributed by atoms with E-state index in [0.29, 0.717) is 11.7 Å². The average molecular weight is 331 g/mol. The Kier molecular flexibility index (Phi) is 5.93. The molecule has 7 nitrogen and oxygen atoms in total. The molecule has 0 radical (unpaired) electrons. The van der Waals surface area contributed by atoms with Crippen LogP contribution in [0.5, 0.6) is 0 Å². The van der Waals surface area contributed by atoms with Crippen LogP contribution in [-0.2, 0) is 11.8 Å². The molecule has 0 atom stereocenters. The Morgan fingerprint density at radius 3 is 2.74 bits per heavy atom. The van der Waals surface area contributed by atoms with Gasteiger partial charge < -0.3 is 9.88 Å². The summed E-state index contributed by atoms with van der Waals surface area (Å²) in [5, 5.41) is 13.5. The lowest BCUT2D eigenvalue weighted by Gasteiger charge is -2.05. The van der Waals surface area contributed by atoms with Gasteiger partial charge in [0, 0.05) is 19.2 Å². The third kappa shape index (κ3) is 4.68. The Morgan fingerprint density at radius 2 is 2.04 bits per heavy atom. The van der Waals surface area contributed by atoms with Crippen LogP contribution in [0.3, 0.4) is 0 Å². The maximum Gasteiger partial charge on any atom is 0.321 e. The number of benzene rings is 1. The number of imide groups is 1. The van der Waals surface area contributed by atoms with E-state index in [1.54, 1.807) is 0 Å². The molecule has 2 N–H and O–H groups in total. The fourth-order valence-electron chi connectivity index (χ4n) is 1.78. The van der Waals surface area contributed by atoms with E-state index >= 15 is 0 Å². The number of rotatable bonds is 6. The van der Waals surface area contributed by atoms with Gasteiger partial charge >= 0.3 is 6.03 Å². The molecule has 0 saturated heterocycles. The van der Waals surface area contributed by atoms with Crippen LogP contribution in [0.15, 0.2) is 48.1 Å². The third-order valence-corrected chi connectivity index (χ3v) is 3.88. The first kappa shape index (κ1) is 16.8. The van der Waals surface area contributed by atoms with Crippen LogP contribution in [0.1, 0.15) is 0 Å². The summed E-state index contributed by atoms with van der Waals surface area (Å²) < 4.78 is 1.81. The van der Waals surface area contributed by atoms with Crippen molar-refractivity contribution in [3.05, 3.63) is 43.0 Å². The van der Waals surface area contributed by atoms with E-state index in [0.717, 1.165) is 11.4 Å². The Balaban J connectivity index is 1.92. The SMILES string of the molecule is C=CCNC(=O)NC(=O)CSc1nnc(-c2ccccc2)n1C. The number of carbonyl (C=O) groups excluding carboxylic acids is 2. The smallest absolute Gasteiger partial charge is 0.321 e. The first-order chi connectivity index (χ1) is 11.1. The van der Waals surface area contributed by atoms with Gasteiger partial charge in [0.1, 0.15) is 0 Å². The molecule has 0 unspecified atom stereocenters. The fraction of sp³-hybridized carbons (Fsp3) is 0.200. The Morgan fingerprint density at radius 1 is 1.30 bits per heavy atom. The van der Waals surface area contributed by atoms with Gasteiger partial charge in [0.05, 0.1) is 5.75 Å². The van der Waals surface area contributed by atoms with Crippen LogP contribution in [0, 0.1) is 0 Å². The number of thioether (sulfide) groups is 1. The van der Waals surface area contributed by atoms with Crippen LogP contribution in [-0.4, -0.2) is 39.0 Å². The van der Waals surface area contributed by atoms with Crippen LogP contribution in [0.2, 0.25) is 0 Å². The van der Waals surface area contributed by atoms with Crippen molar-refractivity contribution < 1.29 is 9.59 Å². The van der Waals surface area contributed by atoms with Gasteiger partial charge in [-0.1, -0.05) is 48.2 Å². The monoisotopic (exact) mass is 331 g/mol. The molecule has 23 heavy (non-hydrogen) atoms. The maximum absolute atomic E-state index is 11.7. The first-order valence-electron chi connectivity index (χ1n) is 6.88. The Hall–Kier alpha value is -2.61. The highest BCUT2D eigenvalue weighted by atomic mass is 32.2. The van der Waals surface area contributed by atoms with Crippen LogP contribution in [0.25, 0.3) is 11.4 Å². The minimum atomic E-state index is -0.543. The molecule has 8 heteroatoms. The molecule has 2 rings (SSSR count). The summed E-state index contributed by atoms with van der Waals surface area (Å²) in [6, 6.07) is 9.11. The summed E-state index contributed by atoms with van der Waals surface area (Å²) >= 11 is 1.21. The van der Waals surface area contributed by atoms with E-state index in [2.05, 4.69) is 27.4 Å². The minimum Gasteiger partial charge on any atom is -0.334 e. The van der Waals surface area contributed by atoms with Crippen molar-refractivity contribution in [2.45, 2.75) is 5.16 Å². The van der Waals surface area contributed by atoms with Gasteiger partial charge in [0.25, 0.3) is 0 Å². The number of hydrogen-bond acceptors (Lipinski definition) is 5. The molecular weight excluding hydrogens is 314 g/mol. The molecule has 1 aromatic heterocycles. The Bertz CT molecular complexity index is 699. The molecule has 2 aromatic rings. The van der Waals surface area contributed by atoms with Crippen molar-refractivity contribution in [1.29, 1.82) is 0 Å². The standard InChI is InChI=1S/C15H17N5O2S/c1-3-9-16-14(22)17-12(21)10-23-15-19-18-13(20(15)2)11-7-5-4-6-8-11/h3-8H,1,9-10H2,2H3,(H2,16,17,21,22). The average Bonchev–Trinajstić information content (AvgIpc) is 2.92. The first-order valence-corrected chi connectivity index (χ1v) is 7.86. The zero-order valence-corrected chi connectivity index (χ0v) is 13.5. The van der Waals surface area contributed by atoms with Gasteiger partial charge in [-0.15, -0.1) is 16.8 Å². The minimum absolute atomic E-state index is 0.0717. The van der Waals surface area contributed by atoms with E-state index in [9.17, 15) is 9.59 Å². The maximum atomic E-state index is 11.7. The molecule has 1 heterocycles. The molecule has 120 valence electrons. The predicted molar refractivity (Wildman–Crippen MR) is 88.9 cm³/mol. The molecular formula is C15H17N5O2S. The van der Waals surface area contributed by atoms with Crippen molar-refractivity contribution in [1.82, 2.24) is 25.4 Å². The zero-order chi connectivity index (χ0) is 16.7. The van der Waals surface area contributed by atoms with Crippen molar-refractivity contribution >= 4 is 23.7 Å². The van der Waals surface area contributed by atoms with E-state index in [4.69, 9.17) is 0 Å². The normalized spacial score (nSPS) is 10.1. The van der Waals surface area contributed by atoms with Crippen LogP contribution < -0.4 is 10.6 Å². The second kappa shape index (κ2) is 8.14. The number of nitrogens with one attached hydrogen (secondary N) is 2. The molecule has 0 saturated carbocycles. The molecule has 0 aliphatic heterocycles. The highest BCUT2D eigenvalue weighted by molar-refractivity contribution is 7.99. The summed E-state index contributed by atoms with van der Waals surface area (Å²) in [7, 11) is 1.83. The van der Waals surface area contributed by atoms with E-state index in [-0.39, 0.29) is 5.75 Å². The fourth-order valence-corrected chi connectivity index (χ4v) is 2.49. The number of hydrogen-bond donors (Lipinski definition) is 2. The third-order valence-electron chi connectivity index (χ3n) is 2.86. The molecule has 0 aliphatic carbocycles. The quantitative estimate of drug-likeness (QED) is 0.620. The number of nitrogens with zero attached hydrogens (tertiary/aromatic N) is 3. The van der Waals surface area contributed by atoms with Gasteiger partial charge in [-0.25, -0.2) is 4.79 Å². The number of carbonyl (C=O) groups is 2. The van der Waals surface area contributed by atoms with E-state index < -0.39 is 11.9 Å². The van der Waals surface area contributed by atoms with E-state index in [1.807, 2.05) is 41.9 Å². The summed E-state index contributed by atoms with van der Waals surface area (Å²) in [5.74, 6) is 0.389. The van der Waals surface area contributed by atoms with Crippen LogP contribution >= 0.6 is 11.8 Å². The summed E-state index contributed by atoms with van der Waals surface area (Å²) in [4.78, 5) is 23.0. The van der Waals surface area contributed by atoms with Gasteiger partial charge in [-0.05, 0) is 0 Å². The summed E-state index contributed by atoms with van der Waals surface area (Å²) in [6.45, 7) is 3.78.